The summed E-state index contributed by atoms with van der Waals surface area (Å²) in [5, 5.41) is 7.06. The second-order valence-corrected chi connectivity index (χ2v) is 7.16. The van der Waals surface area contributed by atoms with Gasteiger partial charge in [0.05, 0.1) is 26.0 Å². The average Bonchev–Trinajstić information content (AvgIpc) is 3.25. The summed E-state index contributed by atoms with van der Waals surface area (Å²) >= 11 is 0. The number of fused-ring (bicyclic) bond motifs is 3. The molecule has 2 aliphatic rings. The van der Waals surface area contributed by atoms with Gasteiger partial charge in [-0.25, -0.2) is 5.01 Å². The Bertz CT molecular complexity index is 1050. The molecular weight excluding hydrogens is 364 g/mol. The van der Waals surface area contributed by atoms with Gasteiger partial charge in [-0.05, 0) is 48.0 Å². The van der Waals surface area contributed by atoms with Crippen LogP contribution in [0.4, 0.5) is 0 Å². The molecule has 2 atom stereocenters. The lowest BCUT2D eigenvalue weighted by molar-refractivity contribution is -0.0191. The van der Waals surface area contributed by atoms with Crippen LogP contribution in [0.5, 0.6) is 17.2 Å². The Kier molecular flexibility index (Phi) is 4.35. The van der Waals surface area contributed by atoms with E-state index in [1.807, 2.05) is 54.6 Å². The van der Waals surface area contributed by atoms with E-state index in [0.29, 0.717) is 0 Å². The number of ether oxygens (including phenoxy) is 3. The van der Waals surface area contributed by atoms with Crippen LogP contribution in [-0.2, 0) is 0 Å². The molecule has 5 nitrogen and oxygen atoms in total. The molecule has 2 heterocycles. The Morgan fingerprint density at radius 3 is 2.34 bits per heavy atom. The smallest absolute Gasteiger partial charge is 0.213 e. The fraction of sp³-hybridized carbons (Fsp3) is 0.208. The zero-order valence-corrected chi connectivity index (χ0v) is 16.4. The van der Waals surface area contributed by atoms with Gasteiger partial charge in [-0.3, -0.25) is 0 Å². The second-order valence-electron chi connectivity index (χ2n) is 7.16. The fourth-order valence-corrected chi connectivity index (χ4v) is 3.99. The van der Waals surface area contributed by atoms with Gasteiger partial charge < -0.3 is 14.2 Å². The number of rotatable bonds is 4. The van der Waals surface area contributed by atoms with Gasteiger partial charge in [-0.15, -0.1) is 0 Å². The summed E-state index contributed by atoms with van der Waals surface area (Å²) in [6.45, 7) is 0. The minimum Gasteiger partial charge on any atom is -0.497 e. The normalized spacial score (nSPS) is 19.7. The Hall–Kier alpha value is -3.47. The van der Waals surface area contributed by atoms with Crippen molar-refractivity contribution in [3.05, 3.63) is 89.5 Å². The van der Waals surface area contributed by atoms with Crippen LogP contribution >= 0.6 is 0 Å². The van der Waals surface area contributed by atoms with E-state index >= 15 is 0 Å². The number of hydrogen-bond donors (Lipinski definition) is 0. The number of nitrogens with zero attached hydrogens (tertiary/aromatic N) is 2. The van der Waals surface area contributed by atoms with Gasteiger partial charge in [0.1, 0.15) is 17.2 Å². The standard InChI is InChI=1S/C24H22N2O3/c1-27-18-10-8-17(9-11-18)24-26-22(15-21(25-26)16-6-4-3-5-7-16)20-14-19(28-2)12-13-23(20)29-24/h3-14,22,24H,15H2,1-2H3/t22-,24+/m0/s1. The van der Waals surface area contributed by atoms with E-state index in [0.717, 1.165) is 46.1 Å². The Labute approximate surface area is 170 Å². The highest BCUT2D eigenvalue weighted by atomic mass is 16.5. The summed E-state index contributed by atoms with van der Waals surface area (Å²) in [5.41, 5.74) is 4.34. The molecule has 0 fully saturated rings. The van der Waals surface area contributed by atoms with Crippen LogP contribution < -0.4 is 14.2 Å². The number of methoxy groups -OCH3 is 2. The highest BCUT2D eigenvalue weighted by Crippen LogP contribution is 2.48. The third-order valence-electron chi connectivity index (χ3n) is 5.50. The molecule has 0 radical (unpaired) electrons. The number of hydrogen-bond acceptors (Lipinski definition) is 5. The maximum absolute atomic E-state index is 6.41. The molecule has 0 N–H and O–H groups in total. The van der Waals surface area contributed by atoms with Crippen molar-refractivity contribution in [3.63, 3.8) is 0 Å². The maximum atomic E-state index is 6.41. The Morgan fingerprint density at radius 1 is 0.897 bits per heavy atom. The Morgan fingerprint density at radius 2 is 1.62 bits per heavy atom. The van der Waals surface area contributed by atoms with Gasteiger partial charge in [0, 0.05) is 17.5 Å². The number of benzene rings is 3. The highest BCUT2D eigenvalue weighted by molar-refractivity contribution is 6.01. The van der Waals surface area contributed by atoms with Crippen molar-refractivity contribution in [3.8, 4) is 17.2 Å². The van der Waals surface area contributed by atoms with Crippen LogP contribution in [0.1, 0.15) is 35.4 Å². The van der Waals surface area contributed by atoms with Gasteiger partial charge >= 0.3 is 0 Å². The molecule has 5 heteroatoms. The lowest BCUT2D eigenvalue weighted by Crippen LogP contribution is -2.33. The molecule has 3 aromatic carbocycles. The lowest BCUT2D eigenvalue weighted by atomic mass is 9.95. The first kappa shape index (κ1) is 17.6. The molecule has 0 aliphatic carbocycles. The first-order chi connectivity index (χ1) is 14.3. The largest absolute Gasteiger partial charge is 0.497 e. The zero-order valence-electron chi connectivity index (χ0n) is 16.4. The molecule has 0 aromatic heterocycles. The van der Waals surface area contributed by atoms with Crippen LogP contribution in [0.3, 0.4) is 0 Å². The monoisotopic (exact) mass is 386 g/mol. The minimum absolute atomic E-state index is 0.0937. The highest BCUT2D eigenvalue weighted by Gasteiger charge is 2.41. The van der Waals surface area contributed by atoms with Gasteiger partial charge in [-0.1, -0.05) is 30.3 Å². The van der Waals surface area contributed by atoms with Crippen LogP contribution in [0.15, 0.2) is 77.9 Å². The molecule has 3 aromatic rings. The van der Waals surface area contributed by atoms with Crippen LogP contribution in [0.25, 0.3) is 0 Å². The second kappa shape index (κ2) is 7.17. The summed E-state index contributed by atoms with van der Waals surface area (Å²) in [7, 11) is 3.35. The van der Waals surface area contributed by atoms with Crippen LogP contribution in [-0.4, -0.2) is 24.9 Å². The first-order valence-corrected chi connectivity index (χ1v) is 9.66. The van der Waals surface area contributed by atoms with Crippen molar-refractivity contribution in [2.75, 3.05) is 14.2 Å². The van der Waals surface area contributed by atoms with E-state index in [4.69, 9.17) is 19.3 Å². The molecule has 0 spiro atoms. The topological polar surface area (TPSA) is 43.3 Å². The van der Waals surface area contributed by atoms with Crippen molar-refractivity contribution in [1.29, 1.82) is 0 Å². The van der Waals surface area contributed by atoms with E-state index in [9.17, 15) is 0 Å². The minimum atomic E-state index is -0.298. The molecular formula is C24H22N2O3. The molecule has 29 heavy (non-hydrogen) atoms. The summed E-state index contributed by atoms with van der Waals surface area (Å²) in [6, 6.07) is 24.4. The van der Waals surface area contributed by atoms with Crippen molar-refractivity contribution < 1.29 is 14.2 Å². The van der Waals surface area contributed by atoms with E-state index in [-0.39, 0.29) is 12.3 Å². The lowest BCUT2D eigenvalue weighted by Gasteiger charge is -2.38. The van der Waals surface area contributed by atoms with Crippen molar-refractivity contribution in [1.82, 2.24) is 5.01 Å². The molecule has 0 unspecified atom stereocenters. The third kappa shape index (κ3) is 3.09. The van der Waals surface area contributed by atoms with Gasteiger partial charge in [0.15, 0.2) is 0 Å². The molecule has 2 aliphatic heterocycles. The Balaban J connectivity index is 1.58. The van der Waals surface area contributed by atoms with Gasteiger partial charge in [0.2, 0.25) is 6.23 Å². The molecule has 0 saturated carbocycles. The first-order valence-electron chi connectivity index (χ1n) is 9.66. The molecule has 0 saturated heterocycles. The van der Waals surface area contributed by atoms with Crippen molar-refractivity contribution >= 4 is 5.71 Å². The third-order valence-corrected chi connectivity index (χ3v) is 5.50. The fourth-order valence-electron chi connectivity index (χ4n) is 3.99. The summed E-state index contributed by atoms with van der Waals surface area (Å²) in [4.78, 5) is 0. The molecule has 0 amide bonds. The van der Waals surface area contributed by atoms with E-state index in [1.54, 1.807) is 14.2 Å². The van der Waals surface area contributed by atoms with Crippen LogP contribution in [0.2, 0.25) is 0 Å². The predicted octanol–water partition coefficient (Wildman–Crippen LogP) is 4.95. The maximum Gasteiger partial charge on any atom is 0.213 e. The summed E-state index contributed by atoms with van der Waals surface area (Å²) in [6.07, 6.45) is 0.522. The van der Waals surface area contributed by atoms with E-state index in [1.165, 1.54) is 0 Å². The molecule has 0 bridgehead atoms. The van der Waals surface area contributed by atoms with E-state index < -0.39 is 0 Å². The van der Waals surface area contributed by atoms with E-state index in [2.05, 4.69) is 23.2 Å². The quantitative estimate of drug-likeness (QED) is 0.637. The average molecular weight is 386 g/mol. The van der Waals surface area contributed by atoms with Gasteiger partial charge in [0.25, 0.3) is 0 Å². The summed E-state index contributed by atoms with van der Waals surface area (Å²) < 4.78 is 17.2. The van der Waals surface area contributed by atoms with Gasteiger partial charge in [-0.2, -0.15) is 5.10 Å². The van der Waals surface area contributed by atoms with Crippen molar-refractivity contribution in [2.45, 2.75) is 18.7 Å². The van der Waals surface area contributed by atoms with Crippen molar-refractivity contribution in [2.24, 2.45) is 5.10 Å². The molecule has 5 rings (SSSR count). The predicted molar refractivity (Wildman–Crippen MR) is 112 cm³/mol. The zero-order chi connectivity index (χ0) is 19.8. The summed E-state index contributed by atoms with van der Waals surface area (Å²) in [5.74, 6) is 2.52. The number of hydrazone groups is 1. The SMILES string of the molecule is COc1ccc([C@H]2Oc3ccc(OC)cc3[C@@H]3CC(c4ccccc4)=NN23)cc1. The van der Waals surface area contributed by atoms with Crippen LogP contribution in [0, 0.1) is 0 Å². The molecule has 146 valence electrons.